The van der Waals surface area contributed by atoms with E-state index in [1.165, 1.54) is 6.07 Å². The zero-order valence-electron chi connectivity index (χ0n) is 20.9. The molecular formula is C24H17ClF5N3O3. The molecule has 3 aromatic carbocycles. The minimum atomic E-state index is -4.96. The predicted molar refractivity (Wildman–Crippen MR) is 121 cm³/mol. The van der Waals surface area contributed by atoms with E-state index in [2.05, 4.69) is 16.0 Å². The topological polar surface area (TPSA) is 90.5 Å². The maximum Gasteiger partial charge on any atom is 0.416 e. The predicted octanol–water partition coefficient (Wildman–Crippen LogP) is 5.15. The minimum Gasteiger partial charge on any atom is -0.507 e. The van der Waals surface area contributed by atoms with E-state index >= 15 is 0 Å². The summed E-state index contributed by atoms with van der Waals surface area (Å²) in [6, 6.07) is 4.29. The summed E-state index contributed by atoms with van der Waals surface area (Å²) in [4.78, 5) is 25.9. The molecule has 1 aliphatic rings. The summed E-state index contributed by atoms with van der Waals surface area (Å²) >= 11 is 6.20. The lowest BCUT2D eigenvalue weighted by Crippen LogP contribution is -2.21. The standard InChI is InChI=1S/C24H17ClF5N3O3/c1-31-9-11-6-17(32-22(35)10-4-12(24(28,29)30)7-14(27)5-10)18-19(21(11)34)23(36)33-20(18)15-8-13(26)2-3-16(15)25/h2-8,20,31,34H,9H2,1H3,(H,32,35)(H,33,36)/i1D3. The Morgan fingerprint density at radius 2 is 1.92 bits per heavy atom. The van der Waals surface area contributed by atoms with Gasteiger partial charge in [0.15, 0.2) is 0 Å². The molecule has 0 aliphatic carbocycles. The van der Waals surface area contributed by atoms with Crippen LogP contribution < -0.4 is 16.0 Å². The first-order chi connectivity index (χ1) is 18.0. The van der Waals surface area contributed by atoms with Gasteiger partial charge in [0.05, 0.1) is 17.2 Å². The molecule has 188 valence electrons. The molecule has 3 aromatic rings. The number of benzene rings is 3. The Kier molecular flexibility index (Phi) is 5.63. The molecule has 1 aliphatic heterocycles. The number of fused-ring (bicyclic) bond motifs is 1. The van der Waals surface area contributed by atoms with Crippen molar-refractivity contribution >= 4 is 29.1 Å². The van der Waals surface area contributed by atoms with Crippen LogP contribution in [-0.4, -0.2) is 23.9 Å². The van der Waals surface area contributed by atoms with Gasteiger partial charge in [0.1, 0.15) is 17.4 Å². The fourth-order valence-electron chi connectivity index (χ4n) is 3.93. The lowest BCUT2D eigenvalue weighted by atomic mass is 9.93. The van der Waals surface area contributed by atoms with Crippen LogP contribution in [0.5, 0.6) is 5.75 Å². The summed E-state index contributed by atoms with van der Waals surface area (Å²) in [6.45, 7) is -3.18. The molecule has 4 rings (SSSR count). The number of halogens is 6. The van der Waals surface area contributed by atoms with E-state index in [1.54, 1.807) is 0 Å². The summed E-state index contributed by atoms with van der Waals surface area (Å²) in [6.07, 6.45) is -4.96. The number of amides is 2. The van der Waals surface area contributed by atoms with Gasteiger partial charge in [0, 0.05) is 43.6 Å². The van der Waals surface area contributed by atoms with Gasteiger partial charge < -0.3 is 21.1 Å². The number of nitrogens with one attached hydrogen (secondary N) is 3. The third-order valence-electron chi connectivity index (χ3n) is 5.49. The largest absolute Gasteiger partial charge is 0.507 e. The van der Waals surface area contributed by atoms with Crippen LogP contribution in [-0.2, 0) is 12.7 Å². The Labute approximate surface area is 210 Å². The Balaban J connectivity index is 1.86. The van der Waals surface area contributed by atoms with Crippen molar-refractivity contribution in [3.05, 3.63) is 92.5 Å². The van der Waals surface area contributed by atoms with Gasteiger partial charge in [-0.3, -0.25) is 9.59 Å². The van der Waals surface area contributed by atoms with E-state index in [9.17, 15) is 36.6 Å². The number of carbonyl (C=O) groups excluding carboxylic acids is 2. The van der Waals surface area contributed by atoms with E-state index in [-0.39, 0.29) is 33.5 Å². The number of carbonyl (C=O) groups is 2. The Bertz CT molecular complexity index is 1500. The molecule has 36 heavy (non-hydrogen) atoms. The minimum absolute atomic E-state index is 0.000545. The van der Waals surface area contributed by atoms with Crippen LogP contribution in [0.25, 0.3) is 0 Å². The maximum atomic E-state index is 14.1. The van der Waals surface area contributed by atoms with E-state index in [4.69, 9.17) is 15.7 Å². The van der Waals surface area contributed by atoms with Crippen LogP contribution in [0.15, 0.2) is 42.5 Å². The van der Waals surface area contributed by atoms with Crippen molar-refractivity contribution in [1.82, 2.24) is 10.6 Å². The van der Waals surface area contributed by atoms with Crippen molar-refractivity contribution in [1.29, 1.82) is 0 Å². The van der Waals surface area contributed by atoms with Gasteiger partial charge in [-0.15, -0.1) is 0 Å². The zero-order chi connectivity index (χ0) is 28.9. The van der Waals surface area contributed by atoms with Gasteiger partial charge in [-0.2, -0.15) is 13.2 Å². The molecule has 0 bridgehead atoms. The smallest absolute Gasteiger partial charge is 0.416 e. The Morgan fingerprint density at radius 1 is 1.17 bits per heavy atom. The molecule has 1 heterocycles. The van der Waals surface area contributed by atoms with Crippen molar-refractivity contribution in [2.24, 2.45) is 0 Å². The molecule has 0 saturated heterocycles. The Morgan fingerprint density at radius 3 is 2.61 bits per heavy atom. The summed E-state index contributed by atoms with van der Waals surface area (Å²) in [5.41, 5.74) is -3.07. The Hall–Kier alpha value is -3.70. The lowest BCUT2D eigenvalue weighted by Gasteiger charge is -2.20. The number of alkyl halides is 3. The second-order valence-corrected chi connectivity index (χ2v) is 8.23. The van der Waals surface area contributed by atoms with Crippen LogP contribution in [0.4, 0.5) is 27.6 Å². The first-order valence-corrected chi connectivity index (χ1v) is 10.5. The van der Waals surface area contributed by atoms with E-state index < -0.39 is 71.6 Å². The average Bonchev–Trinajstić information content (AvgIpc) is 3.17. The first-order valence-electron chi connectivity index (χ1n) is 11.6. The normalized spacial score (nSPS) is 16.6. The molecule has 0 radical (unpaired) electrons. The molecule has 4 N–H and O–H groups in total. The van der Waals surface area contributed by atoms with E-state index in [0.717, 1.165) is 18.2 Å². The van der Waals surface area contributed by atoms with Gasteiger partial charge >= 0.3 is 6.18 Å². The number of phenolic OH excluding ortho intramolecular Hbond substituents is 1. The SMILES string of the molecule is [2H]C([2H])([2H])NCc1cc(NC(=O)c2cc(F)cc(C(F)(F)F)c2)c2c(c1O)C(=O)NC2c1cc(F)ccc1Cl. The van der Waals surface area contributed by atoms with Gasteiger partial charge in [0.25, 0.3) is 11.8 Å². The average molecular weight is 529 g/mol. The van der Waals surface area contributed by atoms with Crippen molar-refractivity contribution in [2.45, 2.75) is 18.8 Å². The summed E-state index contributed by atoms with van der Waals surface area (Å²) in [5, 5.41) is 17.8. The van der Waals surface area contributed by atoms with E-state index in [1.807, 2.05) is 0 Å². The maximum absolute atomic E-state index is 14.1. The van der Waals surface area contributed by atoms with Crippen LogP contribution in [0, 0.1) is 11.6 Å². The fourth-order valence-corrected chi connectivity index (χ4v) is 4.16. The van der Waals surface area contributed by atoms with Crippen molar-refractivity contribution in [3.8, 4) is 5.75 Å². The molecule has 0 saturated carbocycles. The number of rotatable bonds is 5. The highest BCUT2D eigenvalue weighted by Crippen LogP contribution is 2.44. The molecule has 1 unspecified atom stereocenters. The van der Waals surface area contributed by atoms with Crippen LogP contribution in [0.2, 0.25) is 5.02 Å². The quantitative estimate of drug-likeness (QED) is 0.272. The highest BCUT2D eigenvalue weighted by molar-refractivity contribution is 6.31. The van der Waals surface area contributed by atoms with Gasteiger partial charge in [0.2, 0.25) is 0 Å². The molecule has 0 spiro atoms. The van der Waals surface area contributed by atoms with Crippen molar-refractivity contribution in [3.63, 3.8) is 0 Å². The highest BCUT2D eigenvalue weighted by atomic mass is 35.5. The number of hydrogen-bond donors (Lipinski definition) is 4. The van der Waals surface area contributed by atoms with Crippen molar-refractivity contribution < 1.29 is 40.8 Å². The molecule has 6 nitrogen and oxygen atoms in total. The number of hydrogen-bond acceptors (Lipinski definition) is 4. The second kappa shape index (κ2) is 9.40. The number of phenols is 1. The highest BCUT2D eigenvalue weighted by Gasteiger charge is 2.38. The summed E-state index contributed by atoms with van der Waals surface area (Å²) < 4.78 is 89.5. The molecule has 12 heteroatoms. The number of anilines is 1. The van der Waals surface area contributed by atoms with Crippen molar-refractivity contribution in [2.75, 3.05) is 12.3 Å². The first kappa shape index (κ1) is 21.6. The second-order valence-electron chi connectivity index (χ2n) is 7.83. The van der Waals surface area contributed by atoms with E-state index in [0.29, 0.717) is 12.1 Å². The number of aromatic hydroxyl groups is 1. The van der Waals surface area contributed by atoms with Gasteiger partial charge in [-0.1, -0.05) is 11.6 Å². The molecule has 2 amide bonds. The zero-order valence-corrected chi connectivity index (χ0v) is 18.6. The van der Waals surface area contributed by atoms with Crippen LogP contribution in [0.1, 0.15) is 53.1 Å². The molecular weight excluding hydrogens is 509 g/mol. The monoisotopic (exact) mass is 528 g/mol. The van der Waals surface area contributed by atoms with Gasteiger partial charge in [-0.05, 0) is 49.4 Å². The van der Waals surface area contributed by atoms with Crippen LogP contribution in [0.3, 0.4) is 0 Å². The molecule has 0 aromatic heterocycles. The third kappa shape index (κ3) is 4.71. The van der Waals surface area contributed by atoms with Gasteiger partial charge in [-0.25, -0.2) is 8.78 Å². The fraction of sp³-hybridized carbons (Fsp3) is 0.167. The summed E-state index contributed by atoms with van der Waals surface area (Å²) in [7, 11) is 0. The molecule has 0 fully saturated rings. The lowest BCUT2D eigenvalue weighted by molar-refractivity contribution is -0.137. The van der Waals surface area contributed by atoms with Crippen LogP contribution >= 0.6 is 11.6 Å². The molecule has 1 atom stereocenters. The summed E-state index contributed by atoms with van der Waals surface area (Å²) in [5.74, 6) is -4.83. The third-order valence-corrected chi connectivity index (χ3v) is 5.84.